The van der Waals surface area contributed by atoms with Gasteiger partial charge in [0.05, 0.1) is 6.20 Å². The predicted molar refractivity (Wildman–Crippen MR) is 97.6 cm³/mol. The van der Waals surface area contributed by atoms with Crippen molar-refractivity contribution in [3.8, 4) is 0 Å². The van der Waals surface area contributed by atoms with Crippen molar-refractivity contribution < 1.29 is 8.42 Å². The van der Waals surface area contributed by atoms with Crippen LogP contribution in [0.3, 0.4) is 0 Å². The Morgan fingerprint density at radius 2 is 1.92 bits per heavy atom. The molecule has 1 aliphatic heterocycles. The minimum Gasteiger partial charge on any atom is -0.295 e. The first-order valence-electron chi connectivity index (χ1n) is 8.73. The van der Waals surface area contributed by atoms with E-state index in [0.29, 0.717) is 6.54 Å². The van der Waals surface area contributed by atoms with Crippen LogP contribution < -0.4 is 4.72 Å². The van der Waals surface area contributed by atoms with Crippen molar-refractivity contribution >= 4 is 10.0 Å². The van der Waals surface area contributed by atoms with Gasteiger partial charge in [0.25, 0.3) is 0 Å². The Labute approximate surface area is 149 Å². The fourth-order valence-electron chi connectivity index (χ4n) is 3.28. The summed E-state index contributed by atoms with van der Waals surface area (Å²) in [6.45, 7) is 4.63. The van der Waals surface area contributed by atoms with Gasteiger partial charge >= 0.3 is 0 Å². The second-order valence-electron chi connectivity index (χ2n) is 6.85. The fourth-order valence-corrected chi connectivity index (χ4v) is 4.30. The molecule has 0 unspecified atom stereocenters. The van der Waals surface area contributed by atoms with Crippen LogP contribution in [-0.4, -0.2) is 42.7 Å². The molecule has 1 aromatic heterocycles. The van der Waals surface area contributed by atoms with Crippen LogP contribution in [0.5, 0.6) is 0 Å². The van der Waals surface area contributed by atoms with Gasteiger partial charge in [0.15, 0.2) is 0 Å². The van der Waals surface area contributed by atoms with Crippen molar-refractivity contribution in [2.24, 2.45) is 13.0 Å². The molecule has 0 aliphatic carbocycles. The van der Waals surface area contributed by atoms with Crippen molar-refractivity contribution in [3.63, 3.8) is 0 Å². The number of nitrogens with one attached hydrogen (secondary N) is 1. The van der Waals surface area contributed by atoms with E-state index in [2.05, 4.69) is 33.8 Å². The normalized spacial score (nSPS) is 18.3. The van der Waals surface area contributed by atoms with E-state index in [4.69, 9.17) is 0 Å². The Morgan fingerprint density at radius 3 is 2.52 bits per heavy atom. The Hall–Kier alpha value is -1.70. The highest BCUT2D eigenvalue weighted by Gasteiger charge is 2.26. The smallest absolute Gasteiger partial charge is 0.243 e. The Balaban J connectivity index is 1.76. The molecule has 1 fully saturated rings. The Morgan fingerprint density at radius 1 is 1.24 bits per heavy atom. The number of hydrogen-bond acceptors (Lipinski definition) is 4. The molecule has 25 heavy (non-hydrogen) atoms. The lowest BCUT2D eigenvalue weighted by atomic mass is 9.96. The quantitative estimate of drug-likeness (QED) is 0.855. The van der Waals surface area contributed by atoms with Crippen LogP contribution in [0.2, 0.25) is 0 Å². The molecule has 2 aromatic rings. The molecule has 0 bridgehead atoms. The average molecular weight is 362 g/mol. The van der Waals surface area contributed by atoms with E-state index in [1.807, 2.05) is 18.2 Å². The SMILES string of the molecule is CC1CCN([C@@H](CNS(=O)(=O)c2cnn(C)c2)c2ccccc2)CC1. The Bertz CT molecular complexity index is 780. The number of sulfonamides is 1. The number of nitrogens with zero attached hydrogens (tertiary/aromatic N) is 3. The molecule has 2 heterocycles. The van der Waals surface area contributed by atoms with E-state index in [1.165, 1.54) is 17.1 Å². The van der Waals surface area contributed by atoms with Crippen LogP contribution in [0.25, 0.3) is 0 Å². The van der Waals surface area contributed by atoms with Gasteiger partial charge in [-0.25, -0.2) is 13.1 Å². The maximum absolute atomic E-state index is 12.5. The lowest BCUT2D eigenvalue weighted by Crippen LogP contribution is -2.41. The van der Waals surface area contributed by atoms with Crippen molar-refractivity contribution in [2.45, 2.75) is 30.7 Å². The summed E-state index contributed by atoms with van der Waals surface area (Å²) in [4.78, 5) is 2.59. The van der Waals surface area contributed by atoms with E-state index in [0.717, 1.165) is 37.4 Å². The molecular formula is C18H26N4O2S. The van der Waals surface area contributed by atoms with Crippen molar-refractivity contribution in [1.29, 1.82) is 0 Å². The summed E-state index contributed by atoms with van der Waals surface area (Å²) >= 11 is 0. The van der Waals surface area contributed by atoms with E-state index in [9.17, 15) is 8.42 Å². The summed E-state index contributed by atoms with van der Waals surface area (Å²) in [5.41, 5.74) is 1.14. The maximum Gasteiger partial charge on any atom is 0.243 e. The first-order valence-corrected chi connectivity index (χ1v) is 10.2. The number of aromatic nitrogens is 2. The molecule has 6 nitrogen and oxygen atoms in total. The zero-order valence-corrected chi connectivity index (χ0v) is 15.6. The van der Waals surface area contributed by atoms with Gasteiger partial charge in [-0.3, -0.25) is 9.58 Å². The molecule has 7 heteroatoms. The van der Waals surface area contributed by atoms with Gasteiger partial charge in [-0.15, -0.1) is 0 Å². The summed E-state index contributed by atoms with van der Waals surface area (Å²) in [6, 6.07) is 10.2. The molecule has 3 rings (SSSR count). The minimum atomic E-state index is -3.55. The highest BCUT2D eigenvalue weighted by Crippen LogP contribution is 2.26. The van der Waals surface area contributed by atoms with Gasteiger partial charge < -0.3 is 0 Å². The highest BCUT2D eigenvalue weighted by molar-refractivity contribution is 7.89. The summed E-state index contributed by atoms with van der Waals surface area (Å²) in [5.74, 6) is 0.736. The molecule has 136 valence electrons. The molecule has 1 atom stereocenters. The summed E-state index contributed by atoms with van der Waals surface area (Å²) < 4.78 is 29.3. The fraction of sp³-hybridized carbons (Fsp3) is 0.500. The molecule has 1 aliphatic rings. The third kappa shape index (κ3) is 4.48. The standard InChI is InChI=1S/C18H26N4O2S/c1-15-8-10-22(11-9-15)18(16-6-4-3-5-7-16)13-20-25(23,24)17-12-19-21(2)14-17/h3-7,12,14-15,18,20H,8-11,13H2,1-2H3/t18-/m0/s1. The first-order chi connectivity index (χ1) is 12.0. The lowest BCUT2D eigenvalue weighted by molar-refractivity contribution is 0.139. The first kappa shape index (κ1) is 18.1. The number of benzene rings is 1. The highest BCUT2D eigenvalue weighted by atomic mass is 32.2. The van der Waals surface area contributed by atoms with Crippen LogP contribution in [-0.2, 0) is 17.1 Å². The number of aryl methyl sites for hydroxylation is 1. The monoisotopic (exact) mass is 362 g/mol. The van der Waals surface area contributed by atoms with Gasteiger partial charge in [0.1, 0.15) is 4.90 Å². The van der Waals surface area contributed by atoms with E-state index in [1.54, 1.807) is 7.05 Å². The maximum atomic E-state index is 12.5. The number of rotatable bonds is 6. The van der Waals surface area contributed by atoms with Gasteiger partial charge in [-0.2, -0.15) is 5.10 Å². The van der Waals surface area contributed by atoms with E-state index >= 15 is 0 Å². The second kappa shape index (κ2) is 7.68. The molecule has 1 aromatic carbocycles. The summed E-state index contributed by atoms with van der Waals surface area (Å²) in [6.07, 6.45) is 5.20. The second-order valence-corrected chi connectivity index (χ2v) is 8.61. The third-order valence-electron chi connectivity index (χ3n) is 4.90. The average Bonchev–Trinajstić information content (AvgIpc) is 3.05. The molecule has 0 radical (unpaired) electrons. The van der Waals surface area contributed by atoms with E-state index < -0.39 is 10.0 Å². The van der Waals surface area contributed by atoms with Crippen LogP contribution in [0, 0.1) is 5.92 Å². The summed E-state index contributed by atoms with van der Waals surface area (Å²) in [7, 11) is -1.84. The van der Waals surface area contributed by atoms with Gasteiger partial charge in [0.2, 0.25) is 10.0 Å². The molecule has 0 saturated carbocycles. The number of hydrogen-bond donors (Lipinski definition) is 1. The number of likely N-dealkylation sites (tertiary alicyclic amines) is 1. The number of piperidine rings is 1. The minimum absolute atomic E-state index is 0.0418. The molecular weight excluding hydrogens is 336 g/mol. The van der Waals surface area contributed by atoms with Gasteiger partial charge in [-0.05, 0) is 37.4 Å². The molecule has 1 N–H and O–H groups in total. The van der Waals surface area contributed by atoms with E-state index in [-0.39, 0.29) is 10.9 Å². The zero-order valence-electron chi connectivity index (χ0n) is 14.8. The molecule has 1 saturated heterocycles. The molecule has 0 spiro atoms. The lowest BCUT2D eigenvalue weighted by Gasteiger charge is -2.37. The summed E-state index contributed by atoms with van der Waals surface area (Å²) in [5, 5.41) is 3.95. The van der Waals surface area contributed by atoms with Crippen molar-refractivity contribution in [1.82, 2.24) is 19.4 Å². The van der Waals surface area contributed by atoms with Crippen LogP contribution in [0.15, 0.2) is 47.6 Å². The zero-order chi connectivity index (χ0) is 17.9. The molecule has 0 amide bonds. The Kier molecular flexibility index (Phi) is 5.56. The third-order valence-corrected chi connectivity index (χ3v) is 6.28. The van der Waals surface area contributed by atoms with Crippen molar-refractivity contribution in [3.05, 3.63) is 48.3 Å². The largest absolute Gasteiger partial charge is 0.295 e. The van der Waals surface area contributed by atoms with Crippen molar-refractivity contribution in [2.75, 3.05) is 19.6 Å². The van der Waals surface area contributed by atoms with Gasteiger partial charge in [-0.1, -0.05) is 37.3 Å². The van der Waals surface area contributed by atoms with Crippen LogP contribution >= 0.6 is 0 Å². The predicted octanol–water partition coefficient (Wildman–Crippen LogP) is 2.17. The van der Waals surface area contributed by atoms with Gasteiger partial charge in [0, 0.05) is 25.8 Å². The topological polar surface area (TPSA) is 67.2 Å². The van der Waals surface area contributed by atoms with Crippen LogP contribution in [0.4, 0.5) is 0 Å². The van der Waals surface area contributed by atoms with Crippen LogP contribution in [0.1, 0.15) is 31.4 Å².